The van der Waals surface area contributed by atoms with E-state index in [0.717, 1.165) is 12.4 Å². The molecule has 9 heteroatoms. The van der Waals surface area contributed by atoms with Crippen molar-refractivity contribution in [1.29, 1.82) is 0 Å². The highest BCUT2D eigenvalue weighted by atomic mass is 35.5. The summed E-state index contributed by atoms with van der Waals surface area (Å²) in [5, 5.41) is 8.06. The highest BCUT2D eigenvalue weighted by Crippen LogP contribution is 2.24. The van der Waals surface area contributed by atoms with Crippen LogP contribution in [0.1, 0.15) is 31.9 Å². The molecule has 0 radical (unpaired) electrons. The standard InChI is InChI=1S/C20H21N5O2S.ClH/c1-24-9-8-22-18(24)16-13-21-7-10-25(16)20(27)14-4-2-5-15(12-14)23-19(26)17-6-3-11-28-17;/h2-6,8-9,11-12,16,21H,7,10,13H2,1H3,(H,23,26);1H. The van der Waals surface area contributed by atoms with Crippen LogP contribution in [0.4, 0.5) is 5.69 Å². The molecule has 2 amide bonds. The SMILES string of the molecule is Cl.Cn1ccnc1C1CNCCN1C(=O)c1cccc(NC(=O)c2cccs2)c1. The molecule has 1 fully saturated rings. The second-order valence-corrected chi connectivity index (χ2v) is 7.57. The molecule has 1 aliphatic heterocycles. The Morgan fingerprint density at radius 1 is 1.28 bits per heavy atom. The van der Waals surface area contributed by atoms with Gasteiger partial charge in [0.15, 0.2) is 0 Å². The van der Waals surface area contributed by atoms with Crippen LogP contribution in [0.2, 0.25) is 0 Å². The molecule has 0 aliphatic carbocycles. The van der Waals surface area contributed by atoms with E-state index in [-0.39, 0.29) is 30.3 Å². The van der Waals surface area contributed by atoms with E-state index in [4.69, 9.17) is 0 Å². The summed E-state index contributed by atoms with van der Waals surface area (Å²) in [6.45, 7) is 2.00. The first-order chi connectivity index (χ1) is 13.6. The van der Waals surface area contributed by atoms with Crippen molar-refractivity contribution < 1.29 is 9.59 Å². The molecule has 29 heavy (non-hydrogen) atoms. The lowest BCUT2D eigenvalue weighted by atomic mass is 10.1. The number of hydrogen-bond donors (Lipinski definition) is 2. The normalized spacial score (nSPS) is 16.2. The largest absolute Gasteiger partial charge is 0.336 e. The zero-order valence-corrected chi connectivity index (χ0v) is 17.5. The molecule has 0 bridgehead atoms. The number of carbonyl (C=O) groups excluding carboxylic acids is 2. The fraction of sp³-hybridized carbons (Fsp3) is 0.250. The number of aromatic nitrogens is 2. The van der Waals surface area contributed by atoms with E-state index < -0.39 is 0 Å². The number of amides is 2. The Bertz CT molecular complexity index is 988. The van der Waals surface area contributed by atoms with Gasteiger partial charge in [-0.3, -0.25) is 9.59 Å². The summed E-state index contributed by atoms with van der Waals surface area (Å²) in [7, 11) is 1.93. The fourth-order valence-electron chi connectivity index (χ4n) is 3.37. The molecule has 1 aliphatic rings. The number of imidazole rings is 1. The summed E-state index contributed by atoms with van der Waals surface area (Å²) in [4.78, 5) is 32.4. The topological polar surface area (TPSA) is 79.3 Å². The fourth-order valence-corrected chi connectivity index (χ4v) is 3.99. The molecule has 152 valence electrons. The second kappa shape index (κ2) is 9.21. The monoisotopic (exact) mass is 431 g/mol. The molecule has 1 aromatic carbocycles. The Morgan fingerprint density at radius 2 is 2.14 bits per heavy atom. The molecule has 1 saturated heterocycles. The van der Waals surface area contributed by atoms with Gasteiger partial charge < -0.3 is 20.1 Å². The number of thiophene rings is 1. The van der Waals surface area contributed by atoms with Crippen LogP contribution < -0.4 is 10.6 Å². The Kier molecular flexibility index (Phi) is 6.68. The Balaban J connectivity index is 0.00000240. The number of nitrogens with one attached hydrogen (secondary N) is 2. The lowest BCUT2D eigenvalue weighted by Crippen LogP contribution is -2.49. The maximum atomic E-state index is 13.2. The van der Waals surface area contributed by atoms with Gasteiger partial charge in [0.1, 0.15) is 11.9 Å². The molecular weight excluding hydrogens is 410 g/mol. The van der Waals surface area contributed by atoms with Crippen LogP contribution in [-0.2, 0) is 7.05 Å². The van der Waals surface area contributed by atoms with E-state index in [0.29, 0.717) is 29.2 Å². The van der Waals surface area contributed by atoms with Gasteiger partial charge >= 0.3 is 0 Å². The number of carbonyl (C=O) groups is 2. The number of aryl methyl sites for hydroxylation is 1. The number of benzene rings is 1. The van der Waals surface area contributed by atoms with Gasteiger partial charge in [0.05, 0.1) is 4.88 Å². The maximum absolute atomic E-state index is 13.2. The molecule has 1 atom stereocenters. The Labute approximate surface area is 179 Å². The van der Waals surface area contributed by atoms with Gasteiger partial charge in [0.2, 0.25) is 0 Å². The van der Waals surface area contributed by atoms with E-state index in [1.165, 1.54) is 11.3 Å². The summed E-state index contributed by atoms with van der Waals surface area (Å²) in [5.41, 5.74) is 1.15. The first-order valence-electron chi connectivity index (χ1n) is 9.07. The number of rotatable bonds is 4. The van der Waals surface area contributed by atoms with Gasteiger partial charge in [-0.25, -0.2) is 4.98 Å². The van der Waals surface area contributed by atoms with Crippen LogP contribution in [0, 0.1) is 0 Å². The number of anilines is 1. The maximum Gasteiger partial charge on any atom is 0.265 e. The minimum atomic E-state index is -0.173. The third-order valence-corrected chi connectivity index (χ3v) is 5.64. The molecule has 3 heterocycles. The summed E-state index contributed by atoms with van der Waals surface area (Å²) in [6, 6.07) is 10.6. The molecule has 7 nitrogen and oxygen atoms in total. The average molecular weight is 432 g/mol. The van der Waals surface area contributed by atoms with E-state index in [1.54, 1.807) is 36.5 Å². The predicted octanol–water partition coefficient (Wildman–Crippen LogP) is 2.94. The summed E-state index contributed by atoms with van der Waals surface area (Å²) in [6.07, 6.45) is 3.63. The zero-order chi connectivity index (χ0) is 19.5. The van der Waals surface area contributed by atoms with Crippen LogP contribution in [0.5, 0.6) is 0 Å². The third-order valence-electron chi connectivity index (χ3n) is 4.77. The highest BCUT2D eigenvalue weighted by molar-refractivity contribution is 7.12. The van der Waals surface area contributed by atoms with Crippen molar-refractivity contribution in [3.8, 4) is 0 Å². The summed E-state index contributed by atoms with van der Waals surface area (Å²) < 4.78 is 1.94. The van der Waals surface area contributed by atoms with Crippen molar-refractivity contribution in [3.63, 3.8) is 0 Å². The molecule has 2 aromatic heterocycles. The van der Waals surface area contributed by atoms with Gasteiger partial charge in [-0.1, -0.05) is 12.1 Å². The average Bonchev–Trinajstić information content (AvgIpc) is 3.39. The zero-order valence-electron chi connectivity index (χ0n) is 15.9. The van der Waals surface area contributed by atoms with Crippen LogP contribution in [0.25, 0.3) is 0 Å². The molecule has 3 aromatic rings. The Hall–Kier alpha value is -2.68. The summed E-state index contributed by atoms with van der Waals surface area (Å²) in [5.74, 6) is 0.608. The molecular formula is C20H22ClN5O2S. The van der Waals surface area contributed by atoms with Crippen LogP contribution in [0.3, 0.4) is 0 Å². The first-order valence-corrected chi connectivity index (χ1v) is 9.95. The molecule has 1 unspecified atom stereocenters. The quantitative estimate of drug-likeness (QED) is 0.665. The van der Waals surface area contributed by atoms with Crippen molar-refractivity contribution in [1.82, 2.24) is 19.8 Å². The minimum Gasteiger partial charge on any atom is -0.336 e. The van der Waals surface area contributed by atoms with Crippen LogP contribution >= 0.6 is 23.7 Å². The van der Waals surface area contributed by atoms with Crippen molar-refractivity contribution >= 4 is 41.2 Å². The predicted molar refractivity (Wildman–Crippen MR) is 116 cm³/mol. The Morgan fingerprint density at radius 3 is 2.86 bits per heavy atom. The van der Waals surface area contributed by atoms with Crippen molar-refractivity contribution in [3.05, 3.63) is 70.4 Å². The number of halogens is 1. The van der Waals surface area contributed by atoms with Crippen molar-refractivity contribution in [2.45, 2.75) is 6.04 Å². The van der Waals surface area contributed by atoms with E-state index in [1.807, 2.05) is 34.2 Å². The van der Waals surface area contributed by atoms with E-state index in [9.17, 15) is 9.59 Å². The smallest absolute Gasteiger partial charge is 0.265 e. The van der Waals surface area contributed by atoms with Crippen LogP contribution in [0.15, 0.2) is 54.2 Å². The first kappa shape index (κ1) is 21.0. The lowest BCUT2D eigenvalue weighted by molar-refractivity contribution is 0.0620. The number of piperazine rings is 1. The van der Waals surface area contributed by atoms with Gasteiger partial charge in [-0.2, -0.15) is 0 Å². The molecule has 0 saturated carbocycles. The van der Waals surface area contributed by atoms with E-state index in [2.05, 4.69) is 15.6 Å². The van der Waals surface area contributed by atoms with E-state index >= 15 is 0 Å². The van der Waals surface area contributed by atoms with Crippen LogP contribution in [-0.4, -0.2) is 45.9 Å². The highest BCUT2D eigenvalue weighted by Gasteiger charge is 2.31. The number of nitrogens with zero attached hydrogens (tertiary/aromatic N) is 3. The number of hydrogen-bond acceptors (Lipinski definition) is 5. The third kappa shape index (κ3) is 4.50. The lowest BCUT2D eigenvalue weighted by Gasteiger charge is -2.35. The summed E-state index contributed by atoms with van der Waals surface area (Å²) >= 11 is 1.38. The van der Waals surface area contributed by atoms with Crippen molar-refractivity contribution in [2.75, 3.05) is 25.0 Å². The molecule has 4 rings (SSSR count). The van der Waals surface area contributed by atoms with Gasteiger partial charge in [0, 0.05) is 50.3 Å². The van der Waals surface area contributed by atoms with Gasteiger partial charge in [-0.15, -0.1) is 23.7 Å². The van der Waals surface area contributed by atoms with Gasteiger partial charge in [0.25, 0.3) is 11.8 Å². The molecule has 0 spiro atoms. The minimum absolute atomic E-state index is 0. The van der Waals surface area contributed by atoms with Crippen molar-refractivity contribution in [2.24, 2.45) is 7.05 Å². The van der Waals surface area contributed by atoms with Gasteiger partial charge in [-0.05, 0) is 29.6 Å². The molecule has 2 N–H and O–H groups in total. The second-order valence-electron chi connectivity index (χ2n) is 6.63.